The van der Waals surface area contributed by atoms with Crippen LogP contribution in [0.25, 0.3) is 0 Å². The first-order valence-electron chi connectivity index (χ1n) is 5.41. The standard InChI is InChI=1S/C10H10N2O6S2/c1-5-9(14)11-7(13)4-12(5)20(17,18)6-2-3-19-8(6)10(15)16/h2-3,5H,4H2,1H3,(H,15,16)(H,11,13,14). The van der Waals surface area contributed by atoms with Crippen molar-refractivity contribution in [3.05, 3.63) is 16.3 Å². The summed E-state index contributed by atoms with van der Waals surface area (Å²) in [4.78, 5) is 33.1. The Morgan fingerprint density at radius 3 is 2.75 bits per heavy atom. The number of piperazine rings is 1. The highest BCUT2D eigenvalue weighted by molar-refractivity contribution is 7.89. The average Bonchev–Trinajstić information content (AvgIpc) is 2.83. The molecule has 0 spiro atoms. The molecule has 0 radical (unpaired) electrons. The molecule has 1 unspecified atom stereocenters. The summed E-state index contributed by atoms with van der Waals surface area (Å²) in [6, 6.07) is 0.0620. The summed E-state index contributed by atoms with van der Waals surface area (Å²) in [6.45, 7) is 0.802. The van der Waals surface area contributed by atoms with E-state index in [9.17, 15) is 22.8 Å². The quantitative estimate of drug-likeness (QED) is 0.724. The van der Waals surface area contributed by atoms with Crippen LogP contribution in [0.1, 0.15) is 16.6 Å². The lowest BCUT2D eigenvalue weighted by Crippen LogP contribution is -2.58. The van der Waals surface area contributed by atoms with Gasteiger partial charge in [0, 0.05) is 0 Å². The average molecular weight is 318 g/mol. The van der Waals surface area contributed by atoms with Crippen molar-refractivity contribution in [1.29, 1.82) is 0 Å². The van der Waals surface area contributed by atoms with E-state index in [0.717, 1.165) is 17.4 Å². The van der Waals surface area contributed by atoms with Crippen LogP contribution in [0.2, 0.25) is 0 Å². The topological polar surface area (TPSA) is 121 Å². The predicted octanol–water partition coefficient (Wildman–Crippen LogP) is -0.518. The van der Waals surface area contributed by atoms with E-state index < -0.39 is 45.3 Å². The van der Waals surface area contributed by atoms with Gasteiger partial charge in [-0.2, -0.15) is 4.31 Å². The molecular weight excluding hydrogens is 308 g/mol. The SMILES string of the molecule is CC1C(=O)NC(=O)CN1S(=O)(=O)c1ccsc1C(=O)O. The van der Waals surface area contributed by atoms with Gasteiger partial charge in [0.05, 0.1) is 6.54 Å². The lowest BCUT2D eigenvalue weighted by molar-refractivity contribution is -0.136. The van der Waals surface area contributed by atoms with Gasteiger partial charge in [-0.15, -0.1) is 11.3 Å². The summed E-state index contributed by atoms with van der Waals surface area (Å²) in [5, 5.41) is 12.3. The Morgan fingerprint density at radius 2 is 2.15 bits per heavy atom. The Balaban J connectivity index is 2.49. The van der Waals surface area contributed by atoms with Crippen molar-refractivity contribution in [3.63, 3.8) is 0 Å². The molecule has 1 aromatic heterocycles. The van der Waals surface area contributed by atoms with E-state index in [2.05, 4.69) is 0 Å². The molecule has 1 fully saturated rings. The van der Waals surface area contributed by atoms with E-state index in [4.69, 9.17) is 5.11 Å². The van der Waals surface area contributed by atoms with E-state index in [-0.39, 0.29) is 4.88 Å². The minimum absolute atomic E-state index is 0.351. The van der Waals surface area contributed by atoms with Gasteiger partial charge in [0.1, 0.15) is 15.8 Å². The minimum atomic E-state index is -4.23. The van der Waals surface area contributed by atoms with Crippen molar-refractivity contribution in [2.45, 2.75) is 17.9 Å². The molecule has 1 aliphatic rings. The van der Waals surface area contributed by atoms with Gasteiger partial charge in [-0.1, -0.05) is 0 Å². The summed E-state index contributed by atoms with van der Waals surface area (Å²) in [5.41, 5.74) is 0. The first-order chi connectivity index (χ1) is 9.25. The number of carboxylic acids is 1. The number of imide groups is 1. The fraction of sp³-hybridized carbons (Fsp3) is 0.300. The number of hydrogen-bond acceptors (Lipinski definition) is 6. The Kier molecular flexibility index (Phi) is 3.63. The fourth-order valence-electron chi connectivity index (χ4n) is 1.77. The van der Waals surface area contributed by atoms with E-state index in [1.54, 1.807) is 0 Å². The monoisotopic (exact) mass is 318 g/mol. The molecule has 0 aliphatic carbocycles. The molecule has 8 nitrogen and oxygen atoms in total. The second-order valence-corrected chi connectivity index (χ2v) is 6.83. The number of rotatable bonds is 3. The van der Waals surface area contributed by atoms with Gasteiger partial charge in [-0.3, -0.25) is 14.9 Å². The Bertz CT molecular complexity index is 692. The number of aromatic carboxylic acids is 1. The number of carboxylic acid groups (broad SMARTS) is 1. The smallest absolute Gasteiger partial charge is 0.347 e. The second-order valence-electron chi connectivity index (χ2n) is 4.06. The summed E-state index contributed by atoms with van der Waals surface area (Å²) in [7, 11) is -4.23. The molecule has 1 atom stereocenters. The van der Waals surface area contributed by atoms with Crippen LogP contribution in [0.3, 0.4) is 0 Å². The van der Waals surface area contributed by atoms with Gasteiger partial charge in [-0.25, -0.2) is 13.2 Å². The van der Waals surface area contributed by atoms with Gasteiger partial charge >= 0.3 is 5.97 Å². The van der Waals surface area contributed by atoms with Gasteiger partial charge in [0.25, 0.3) is 0 Å². The predicted molar refractivity (Wildman–Crippen MR) is 67.8 cm³/mol. The number of sulfonamides is 1. The lowest BCUT2D eigenvalue weighted by Gasteiger charge is -2.30. The molecule has 0 aromatic carbocycles. The molecule has 1 aromatic rings. The molecular formula is C10H10N2O6S2. The third-order valence-electron chi connectivity index (χ3n) is 2.78. The molecule has 1 saturated heterocycles. The van der Waals surface area contributed by atoms with Crippen LogP contribution in [-0.4, -0.2) is 48.2 Å². The Morgan fingerprint density at radius 1 is 1.50 bits per heavy atom. The molecule has 10 heteroatoms. The van der Waals surface area contributed by atoms with Crippen molar-refractivity contribution < 1.29 is 27.9 Å². The van der Waals surface area contributed by atoms with Gasteiger partial charge < -0.3 is 5.11 Å². The van der Waals surface area contributed by atoms with Crippen molar-refractivity contribution >= 4 is 39.1 Å². The lowest BCUT2D eigenvalue weighted by atomic mass is 10.2. The first kappa shape index (κ1) is 14.6. The first-order valence-corrected chi connectivity index (χ1v) is 7.73. The molecule has 2 amide bonds. The normalized spacial score (nSPS) is 20.8. The third kappa shape index (κ3) is 2.32. The van der Waals surface area contributed by atoms with Gasteiger partial charge in [-0.05, 0) is 18.4 Å². The van der Waals surface area contributed by atoms with Gasteiger partial charge in [0.2, 0.25) is 21.8 Å². The molecule has 108 valence electrons. The van der Waals surface area contributed by atoms with Crippen LogP contribution in [0, 0.1) is 0 Å². The summed E-state index contributed by atoms with van der Waals surface area (Å²) < 4.78 is 25.5. The second kappa shape index (κ2) is 4.96. The van der Waals surface area contributed by atoms with E-state index in [1.807, 2.05) is 5.32 Å². The molecule has 0 saturated carbocycles. The number of amides is 2. The number of nitrogens with zero attached hydrogens (tertiary/aromatic N) is 1. The number of hydrogen-bond donors (Lipinski definition) is 2. The molecule has 1 aliphatic heterocycles. The van der Waals surface area contributed by atoms with Crippen molar-refractivity contribution in [1.82, 2.24) is 9.62 Å². The zero-order chi connectivity index (χ0) is 15.1. The van der Waals surface area contributed by atoms with Crippen LogP contribution in [0.15, 0.2) is 16.3 Å². The van der Waals surface area contributed by atoms with Crippen LogP contribution < -0.4 is 5.32 Å². The van der Waals surface area contributed by atoms with Crippen molar-refractivity contribution in [2.24, 2.45) is 0 Å². The number of nitrogens with one attached hydrogen (secondary N) is 1. The highest BCUT2D eigenvalue weighted by Gasteiger charge is 2.40. The number of thiophene rings is 1. The maximum atomic E-state index is 12.4. The summed E-state index contributed by atoms with van der Waals surface area (Å²) >= 11 is 0.760. The molecule has 2 rings (SSSR count). The largest absolute Gasteiger partial charge is 0.477 e. The zero-order valence-corrected chi connectivity index (χ0v) is 11.8. The Labute approximate surface area is 118 Å². The van der Waals surface area contributed by atoms with Crippen LogP contribution in [-0.2, 0) is 19.6 Å². The fourth-order valence-corrected chi connectivity index (χ4v) is 4.55. The molecule has 2 heterocycles. The van der Waals surface area contributed by atoms with Crippen molar-refractivity contribution in [3.8, 4) is 0 Å². The van der Waals surface area contributed by atoms with E-state index >= 15 is 0 Å². The highest BCUT2D eigenvalue weighted by atomic mass is 32.2. The van der Waals surface area contributed by atoms with E-state index in [1.165, 1.54) is 12.3 Å². The third-order valence-corrected chi connectivity index (χ3v) is 5.77. The highest BCUT2D eigenvalue weighted by Crippen LogP contribution is 2.27. The maximum Gasteiger partial charge on any atom is 0.347 e. The summed E-state index contributed by atoms with van der Waals surface area (Å²) in [6.07, 6.45) is 0. The van der Waals surface area contributed by atoms with Gasteiger partial charge in [0.15, 0.2) is 0 Å². The maximum absolute atomic E-state index is 12.4. The molecule has 0 bridgehead atoms. The zero-order valence-electron chi connectivity index (χ0n) is 10.2. The minimum Gasteiger partial charge on any atom is -0.477 e. The molecule has 20 heavy (non-hydrogen) atoms. The summed E-state index contributed by atoms with van der Waals surface area (Å²) in [5.74, 6) is -2.86. The number of carbonyl (C=O) groups is 3. The molecule has 2 N–H and O–H groups in total. The van der Waals surface area contributed by atoms with Crippen LogP contribution >= 0.6 is 11.3 Å². The number of carbonyl (C=O) groups excluding carboxylic acids is 2. The van der Waals surface area contributed by atoms with E-state index in [0.29, 0.717) is 4.31 Å². The Hall–Kier alpha value is -1.78. The van der Waals surface area contributed by atoms with Crippen molar-refractivity contribution in [2.75, 3.05) is 6.54 Å². The van der Waals surface area contributed by atoms with Crippen LogP contribution in [0.4, 0.5) is 0 Å². The van der Waals surface area contributed by atoms with Crippen LogP contribution in [0.5, 0.6) is 0 Å².